The highest BCUT2D eigenvalue weighted by Crippen LogP contribution is 2.20. The maximum Gasteiger partial charge on any atom is 0.228 e. The molecule has 102 valence electrons. The second-order valence-corrected chi connectivity index (χ2v) is 5.48. The van der Waals surface area contributed by atoms with E-state index in [1.807, 2.05) is 11.9 Å². The summed E-state index contributed by atoms with van der Waals surface area (Å²) in [5, 5.41) is 0. The summed E-state index contributed by atoms with van der Waals surface area (Å²) in [7, 11) is 2.04. The van der Waals surface area contributed by atoms with Crippen molar-refractivity contribution in [2.45, 2.75) is 26.2 Å². The fourth-order valence-electron chi connectivity index (χ4n) is 2.87. The molecule has 0 aromatic carbocycles. The van der Waals surface area contributed by atoms with Crippen molar-refractivity contribution in [3.05, 3.63) is 0 Å². The van der Waals surface area contributed by atoms with Crippen molar-refractivity contribution in [2.75, 3.05) is 39.9 Å². The Kier molecular flexibility index (Phi) is 4.22. The molecule has 0 N–H and O–H groups in total. The lowest BCUT2D eigenvalue weighted by atomic mass is 9.96. The van der Waals surface area contributed by atoms with Crippen molar-refractivity contribution in [1.82, 2.24) is 14.7 Å². The van der Waals surface area contributed by atoms with Gasteiger partial charge in [-0.3, -0.25) is 14.5 Å². The van der Waals surface area contributed by atoms with Crippen LogP contribution in [0.2, 0.25) is 0 Å². The molecule has 0 bridgehead atoms. The Morgan fingerprint density at radius 3 is 2.44 bits per heavy atom. The first-order chi connectivity index (χ1) is 8.58. The zero-order chi connectivity index (χ0) is 13.1. The minimum Gasteiger partial charge on any atom is -0.342 e. The van der Waals surface area contributed by atoms with Crippen LogP contribution in [0.4, 0.5) is 0 Å². The molecule has 2 saturated heterocycles. The van der Waals surface area contributed by atoms with E-state index in [4.69, 9.17) is 0 Å². The summed E-state index contributed by atoms with van der Waals surface area (Å²) in [6.07, 6.45) is 2.91. The highest BCUT2D eigenvalue weighted by atomic mass is 16.2. The molecule has 1 atom stereocenters. The molecular formula is C13H23N3O2. The Labute approximate surface area is 109 Å². The number of rotatable bonds is 1. The Balaban J connectivity index is 1.93. The number of carbonyl (C=O) groups is 2. The van der Waals surface area contributed by atoms with Gasteiger partial charge < -0.3 is 9.80 Å². The van der Waals surface area contributed by atoms with E-state index in [-0.39, 0.29) is 17.7 Å². The van der Waals surface area contributed by atoms with Crippen LogP contribution in [0.1, 0.15) is 26.2 Å². The largest absolute Gasteiger partial charge is 0.342 e. The van der Waals surface area contributed by atoms with Crippen molar-refractivity contribution < 1.29 is 9.59 Å². The minimum atomic E-state index is 0.00847. The van der Waals surface area contributed by atoms with Gasteiger partial charge in [-0.1, -0.05) is 0 Å². The molecule has 1 unspecified atom stereocenters. The summed E-state index contributed by atoms with van der Waals surface area (Å²) in [5.41, 5.74) is 0. The second kappa shape index (κ2) is 5.69. The van der Waals surface area contributed by atoms with Crippen LogP contribution in [0.15, 0.2) is 0 Å². The number of hydrogen-bond donors (Lipinski definition) is 0. The molecule has 2 amide bonds. The highest BCUT2D eigenvalue weighted by Gasteiger charge is 2.31. The number of hydrogen-bond acceptors (Lipinski definition) is 3. The van der Waals surface area contributed by atoms with Gasteiger partial charge in [-0.25, -0.2) is 0 Å². The molecular weight excluding hydrogens is 230 g/mol. The first-order valence-corrected chi connectivity index (χ1v) is 6.81. The van der Waals surface area contributed by atoms with Crippen molar-refractivity contribution in [3.8, 4) is 0 Å². The van der Waals surface area contributed by atoms with Gasteiger partial charge in [-0.05, 0) is 26.3 Å². The highest BCUT2D eigenvalue weighted by molar-refractivity contribution is 5.80. The number of likely N-dealkylation sites (tertiary alicyclic amines) is 1. The number of piperidine rings is 1. The normalized spacial score (nSPS) is 26.2. The average molecular weight is 253 g/mol. The van der Waals surface area contributed by atoms with E-state index in [0.29, 0.717) is 6.54 Å². The van der Waals surface area contributed by atoms with Crippen molar-refractivity contribution >= 4 is 11.8 Å². The van der Waals surface area contributed by atoms with Crippen molar-refractivity contribution in [2.24, 2.45) is 5.92 Å². The zero-order valence-corrected chi connectivity index (χ0v) is 11.4. The Morgan fingerprint density at radius 2 is 1.78 bits per heavy atom. The monoisotopic (exact) mass is 253 g/mol. The maximum absolute atomic E-state index is 12.4. The topological polar surface area (TPSA) is 43.9 Å². The molecule has 5 heteroatoms. The lowest BCUT2D eigenvalue weighted by Crippen LogP contribution is -2.51. The van der Waals surface area contributed by atoms with Gasteiger partial charge in [0.05, 0.1) is 12.6 Å². The van der Waals surface area contributed by atoms with Gasteiger partial charge in [0.2, 0.25) is 11.8 Å². The fraction of sp³-hybridized carbons (Fsp3) is 0.846. The molecule has 0 spiro atoms. The van der Waals surface area contributed by atoms with E-state index in [0.717, 1.165) is 45.6 Å². The van der Waals surface area contributed by atoms with Gasteiger partial charge in [0.1, 0.15) is 0 Å². The average Bonchev–Trinajstić information content (AvgIpc) is 2.38. The predicted molar refractivity (Wildman–Crippen MR) is 68.8 cm³/mol. The molecule has 2 aliphatic rings. The van der Waals surface area contributed by atoms with Crippen LogP contribution in [0.25, 0.3) is 0 Å². The third-order valence-electron chi connectivity index (χ3n) is 3.91. The third-order valence-corrected chi connectivity index (χ3v) is 3.91. The number of nitrogens with zero attached hydrogens (tertiary/aromatic N) is 3. The molecule has 0 radical (unpaired) electrons. The molecule has 2 aliphatic heterocycles. The van der Waals surface area contributed by atoms with Gasteiger partial charge in [0.15, 0.2) is 0 Å². The van der Waals surface area contributed by atoms with Gasteiger partial charge in [-0.2, -0.15) is 0 Å². The second-order valence-electron chi connectivity index (χ2n) is 5.48. The van der Waals surface area contributed by atoms with Crippen LogP contribution in [-0.2, 0) is 9.59 Å². The Bertz CT molecular complexity index is 332. The van der Waals surface area contributed by atoms with Gasteiger partial charge in [0.25, 0.3) is 0 Å². The lowest BCUT2D eigenvalue weighted by Gasteiger charge is -2.38. The van der Waals surface area contributed by atoms with Crippen molar-refractivity contribution in [1.29, 1.82) is 0 Å². The summed E-state index contributed by atoms with van der Waals surface area (Å²) in [6.45, 7) is 5.65. The lowest BCUT2D eigenvalue weighted by molar-refractivity contribution is -0.143. The maximum atomic E-state index is 12.4. The summed E-state index contributed by atoms with van der Waals surface area (Å²) in [4.78, 5) is 29.7. The quantitative estimate of drug-likeness (QED) is 0.678. The van der Waals surface area contributed by atoms with Crippen LogP contribution in [0.5, 0.6) is 0 Å². The van der Waals surface area contributed by atoms with E-state index in [1.54, 1.807) is 11.8 Å². The number of amides is 2. The SMILES string of the molecule is CC(=O)N1CCCC(C(=O)N2CCCN(C)C2)C1. The fourth-order valence-corrected chi connectivity index (χ4v) is 2.87. The van der Waals surface area contributed by atoms with Crippen LogP contribution in [-0.4, -0.2) is 66.4 Å². The van der Waals surface area contributed by atoms with Crippen molar-refractivity contribution in [3.63, 3.8) is 0 Å². The van der Waals surface area contributed by atoms with E-state index in [2.05, 4.69) is 4.90 Å². The standard InChI is InChI=1S/C13H23N3O2/c1-11(17)15-7-3-5-12(9-15)13(18)16-8-4-6-14(2)10-16/h12H,3-10H2,1-2H3. The smallest absolute Gasteiger partial charge is 0.228 e. The van der Waals surface area contributed by atoms with E-state index in [1.165, 1.54) is 0 Å². The molecule has 0 aliphatic carbocycles. The minimum absolute atomic E-state index is 0.00847. The van der Waals surface area contributed by atoms with E-state index < -0.39 is 0 Å². The van der Waals surface area contributed by atoms with Crippen LogP contribution in [0, 0.1) is 5.92 Å². The molecule has 5 nitrogen and oxygen atoms in total. The van der Waals surface area contributed by atoms with Gasteiger partial charge in [-0.15, -0.1) is 0 Å². The molecule has 2 fully saturated rings. The Hall–Kier alpha value is -1.10. The summed E-state index contributed by atoms with van der Waals surface area (Å²) in [6, 6.07) is 0. The zero-order valence-electron chi connectivity index (χ0n) is 11.4. The summed E-state index contributed by atoms with van der Waals surface area (Å²) >= 11 is 0. The molecule has 0 saturated carbocycles. The number of carbonyl (C=O) groups excluding carboxylic acids is 2. The third kappa shape index (κ3) is 3.02. The molecule has 18 heavy (non-hydrogen) atoms. The first-order valence-electron chi connectivity index (χ1n) is 6.81. The predicted octanol–water partition coefficient (Wildman–Crippen LogP) is 0.367. The van der Waals surface area contributed by atoms with Crippen LogP contribution >= 0.6 is 0 Å². The van der Waals surface area contributed by atoms with E-state index in [9.17, 15) is 9.59 Å². The summed E-state index contributed by atoms with van der Waals surface area (Å²) in [5.74, 6) is 0.324. The molecule has 2 rings (SSSR count). The Morgan fingerprint density at radius 1 is 1.06 bits per heavy atom. The molecule has 2 heterocycles. The first kappa shape index (κ1) is 13.3. The van der Waals surface area contributed by atoms with Gasteiger partial charge in [0, 0.05) is 33.1 Å². The van der Waals surface area contributed by atoms with Gasteiger partial charge >= 0.3 is 0 Å². The molecule has 0 aromatic rings. The molecule has 0 aromatic heterocycles. The van der Waals surface area contributed by atoms with E-state index >= 15 is 0 Å². The van der Waals surface area contributed by atoms with Crippen LogP contribution < -0.4 is 0 Å². The van der Waals surface area contributed by atoms with Crippen LogP contribution in [0.3, 0.4) is 0 Å². The summed E-state index contributed by atoms with van der Waals surface area (Å²) < 4.78 is 0.